The van der Waals surface area contributed by atoms with E-state index >= 15 is 0 Å². The van der Waals surface area contributed by atoms with Crippen LogP contribution in [0, 0.1) is 11.3 Å². The van der Waals surface area contributed by atoms with Crippen LogP contribution in [-0.2, 0) is 9.53 Å². The molecule has 0 heterocycles. The smallest absolute Gasteiger partial charge is 0.307 e. The number of primary amides is 1. The minimum Gasteiger partial charge on any atom is -0.475 e. The Hall–Kier alpha value is -1.71. The zero-order valence-corrected chi connectivity index (χ0v) is 6.63. The third kappa shape index (κ3) is 1.47. The largest absolute Gasteiger partial charge is 0.475 e. The summed E-state index contributed by atoms with van der Waals surface area (Å²) < 4.78 is 4.86. The predicted octanol–water partition coefficient (Wildman–Crippen LogP) is 0.166. The van der Waals surface area contributed by atoms with Gasteiger partial charge >= 0.3 is 5.91 Å². The summed E-state index contributed by atoms with van der Waals surface area (Å²) in [5.41, 5.74) is 5.09. The van der Waals surface area contributed by atoms with Gasteiger partial charge in [0.1, 0.15) is 6.08 Å². The first-order valence-electron chi connectivity index (χ1n) is 3.34. The van der Waals surface area contributed by atoms with Crippen molar-refractivity contribution in [2.45, 2.75) is 0 Å². The standard InChI is InChI=1S/C8H8N2O2/c1-12-5-2-3-6(8(10)11)7(9)4-5/h2-4,9H,1H3,(H-,10,11)/p+1. The van der Waals surface area contributed by atoms with Crippen LogP contribution in [0.1, 0.15) is 0 Å². The van der Waals surface area contributed by atoms with E-state index in [9.17, 15) is 4.79 Å². The molecule has 0 aliphatic heterocycles. The molecule has 0 aromatic rings. The van der Waals surface area contributed by atoms with Gasteiger partial charge in [0, 0.05) is 0 Å². The van der Waals surface area contributed by atoms with E-state index in [1.54, 1.807) is 6.08 Å². The Labute approximate surface area is 70.2 Å². The van der Waals surface area contributed by atoms with Gasteiger partial charge in [-0.1, -0.05) is 0 Å². The van der Waals surface area contributed by atoms with Gasteiger partial charge in [0.05, 0.1) is 19.3 Å². The Morgan fingerprint density at radius 3 is 2.83 bits per heavy atom. The number of methoxy groups -OCH3 is 1. The molecule has 4 heteroatoms. The first kappa shape index (κ1) is 8.39. The van der Waals surface area contributed by atoms with Crippen LogP contribution in [0.25, 0.3) is 0 Å². The highest BCUT2D eigenvalue weighted by Gasteiger charge is 2.28. The Balaban J connectivity index is 2.82. The van der Waals surface area contributed by atoms with E-state index in [1.165, 1.54) is 19.3 Å². The van der Waals surface area contributed by atoms with Crippen molar-refractivity contribution >= 4 is 11.6 Å². The monoisotopic (exact) mass is 165 g/mol. The van der Waals surface area contributed by atoms with Gasteiger partial charge in [-0.2, -0.15) is 0 Å². The summed E-state index contributed by atoms with van der Waals surface area (Å²) in [5.74, 6) is 0.156. The van der Waals surface area contributed by atoms with Crippen LogP contribution in [0.15, 0.2) is 24.0 Å². The van der Waals surface area contributed by atoms with Crippen LogP contribution >= 0.6 is 0 Å². The van der Waals surface area contributed by atoms with Gasteiger partial charge in [-0.25, -0.2) is 0 Å². The van der Waals surface area contributed by atoms with Crippen molar-refractivity contribution in [2.75, 3.05) is 7.11 Å². The van der Waals surface area contributed by atoms with Crippen molar-refractivity contribution in [1.29, 1.82) is 5.41 Å². The number of nitrogens with two attached hydrogens (primary N) is 1. The van der Waals surface area contributed by atoms with Crippen LogP contribution in [0.3, 0.4) is 0 Å². The van der Waals surface area contributed by atoms with Gasteiger partial charge < -0.3 is 10.5 Å². The van der Waals surface area contributed by atoms with E-state index in [0.29, 0.717) is 5.76 Å². The van der Waals surface area contributed by atoms with E-state index in [1.807, 2.05) is 0 Å². The number of nitrogens with one attached hydrogen (secondary N) is 1. The number of rotatable bonds is 2. The molecule has 62 valence electrons. The molecule has 1 aliphatic rings. The Bertz CT molecular complexity index is 279. The number of hydrogen-bond donors (Lipinski definition) is 2. The highest BCUT2D eigenvalue weighted by molar-refractivity contribution is 6.23. The molecule has 1 amide bonds. The summed E-state index contributed by atoms with van der Waals surface area (Å²) in [6.45, 7) is 0. The average Bonchev–Trinajstić information content (AvgIpc) is 2.03. The molecule has 0 unspecified atom stereocenters. The number of ether oxygens (including phenoxy) is 1. The lowest BCUT2D eigenvalue weighted by Gasteiger charge is -2.04. The molecule has 0 saturated carbocycles. The zero-order chi connectivity index (χ0) is 9.14. The van der Waals surface area contributed by atoms with Gasteiger partial charge in [0.25, 0.3) is 0 Å². The van der Waals surface area contributed by atoms with Crippen LogP contribution in [0.2, 0.25) is 0 Å². The molecule has 12 heavy (non-hydrogen) atoms. The minimum atomic E-state index is -0.595. The van der Waals surface area contributed by atoms with E-state index in [2.05, 4.69) is 0 Å². The van der Waals surface area contributed by atoms with Gasteiger partial charge in [-0.05, 0) is 0 Å². The molecule has 0 atom stereocenters. The van der Waals surface area contributed by atoms with Crippen molar-refractivity contribution in [3.63, 3.8) is 0 Å². The second-order valence-corrected chi connectivity index (χ2v) is 2.28. The van der Waals surface area contributed by atoms with Crippen molar-refractivity contribution in [3.8, 4) is 0 Å². The molecule has 0 saturated heterocycles. The molecule has 0 bridgehead atoms. The molecule has 4 nitrogen and oxygen atoms in total. The number of allylic oxidation sites excluding steroid dienone is 2. The summed E-state index contributed by atoms with van der Waals surface area (Å²) in [5, 5.41) is 7.36. The molecular weight excluding hydrogens is 156 g/mol. The second kappa shape index (κ2) is 3.13. The highest BCUT2D eigenvalue weighted by Crippen LogP contribution is 2.14. The topological polar surface area (TPSA) is 76.2 Å². The molecule has 1 aliphatic carbocycles. The predicted molar refractivity (Wildman–Crippen MR) is 44.4 cm³/mol. The Morgan fingerprint density at radius 1 is 1.75 bits per heavy atom. The van der Waals surface area contributed by atoms with Gasteiger partial charge in [-0.15, -0.1) is 0 Å². The lowest BCUT2D eigenvalue weighted by Crippen LogP contribution is -2.26. The molecule has 1 rings (SSSR count). The number of carbonyl (C=O) groups is 1. The highest BCUT2D eigenvalue weighted by atomic mass is 16.5. The lowest BCUT2D eigenvalue weighted by atomic mass is 9.97. The quantitative estimate of drug-likeness (QED) is 0.572. The third-order valence-electron chi connectivity index (χ3n) is 1.49. The van der Waals surface area contributed by atoms with Gasteiger partial charge in [0.15, 0.2) is 11.6 Å². The molecular formula is C8H9N2O2+. The minimum absolute atomic E-state index is 0.0850. The Morgan fingerprint density at radius 2 is 2.42 bits per heavy atom. The van der Waals surface area contributed by atoms with Crippen molar-refractivity contribution in [2.24, 2.45) is 5.73 Å². The average molecular weight is 165 g/mol. The fourth-order valence-corrected chi connectivity index (χ4v) is 0.865. The number of hydrogen-bond acceptors (Lipinski definition) is 3. The third-order valence-corrected chi connectivity index (χ3v) is 1.49. The van der Waals surface area contributed by atoms with Crippen molar-refractivity contribution in [3.05, 3.63) is 29.9 Å². The van der Waals surface area contributed by atoms with Crippen molar-refractivity contribution < 1.29 is 9.53 Å². The first-order chi connectivity index (χ1) is 5.65. The fourth-order valence-electron chi connectivity index (χ4n) is 0.865. The maximum absolute atomic E-state index is 10.7. The summed E-state index contributed by atoms with van der Waals surface area (Å²) >= 11 is 0. The van der Waals surface area contributed by atoms with E-state index < -0.39 is 5.91 Å². The molecule has 0 aromatic heterocycles. The van der Waals surface area contributed by atoms with Gasteiger partial charge in [0.2, 0.25) is 5.76 Å². The number of amides is 1. The summed E-state index contributed by atoms with van der Waals surface area (Å²) in [7, 11) is 1.50. The number of carbonyl (C=O) groups excluding carboxylic acids is 1. The normalized spacial score (nSPS) is 15.9. The summed E-state index contributed by atoms with van der Waals surface area (Å²) in [6.07, 6.45) is 4.52. The van der Waals surface area contributed by atoms with Crippen LogP contribution in [-0.4, -0.2) is 18.7 Å². The SMILES string of the molecule is COC1=CC(=N)[C+](C(N)=O)C=C1. The van der Waals surface area contributed by atoms with Crippen LogP contribution in [0.4, 0.5) is 0 Å². The fraction of sp³-hybridized carbons (Fsp3) is 0.125. The maximum Gasteiger partial charge on any atom is 0.307 e. The Kier molecular flexibility index (Phi) is 2.19. The van der Waals surface area contributed by atoms with E-state index in [-0.39, 0.29) is 11.6 Å². The molecule has 3 N–H and O–H groups in total. The first-order valence-corrected chi connectivity index (χ1v) is 3.34. The molecule has 0 spiro atoms. The van der Waals surface area contributed by atoms with E-state index in [0.717, 1.165) is 0 Å². The molecule has 0 fully saturated rings. The van der Waals surface area contributed by atoms with Crippen LogP contribution in [0.5, 0.6) is 0 Å². The lowest BCUT2D eigenvalue weighted by molar-refractivity contribution is -0.115. The summed E-state index contributed by atoms with van der Waals surface area (Å²) in [4.78, 5) is 10.7. The molecule has 0 aromatic carbocycles. The summed E-state index contributed by atoms with van der Waals surface area (Å²) in [6, 6.07) is 0. The zero-order valence-electron chi connectivity index (χ0n) is 6.63. The maximum atomic E-state index is 10.7. The van der Waals surface area contributed by atoms with Crippen molar-refractivity contribution in [1.82, 2.24) is 0 Å². The van der Waals surface area contributed by atoms with Gasteiger partial charge in [-0.3, -0.25) is 10.2 Å². The van der Waals surface area contributed by atoms with Crippen LogP contribution < -0.4 is 5.73 Å². The second-order valence-electron chi connectivity index (χ2n) is 2.28. The molecule has 0 radical (unpaired) electrons. The van der Waals surface area contributed by atoms with E-state index in [4.69, 9.17) is 15.9 Å².